The molecule has 1 saturated carbocycles. The molecule has 7 nitrogen and oxygen atoms in total. The maximum Gasteiger partial charge on any atom is 0.408 e. The highest BCUT2D eigenvalue weighted by molar-refractivity contribution is 5.92. The average molecular weight is 502 g/mol. The van der Waals surface area contributed by atoms with Crippen molar-refractivity contribution in [3.8, 4) is 0 Å². The molecule has 1 aromatic carbocycles. The van der Waals surface area contributed by atoms with E-state index in [0.29, 0.717) is 6.42 Å². The lowest BCUT2D eigenvalue weighted by molar-refractivity contribution is -0.143. The van der Waals surface area contributed by atoms with Gasteiger partial charge >= 0.3 is 6.09 Å². The molecule has 0 bridgehead atoms. The summed E-state index contributed by atoms with van der Waals surface area (Å²) in [4.78, 5) is 42.3. The number of benzene rings is 1. The number of aryl methyl sites for hydroxylation is 2. The Hall–Kier alpha value is -2.57. The highest BCUT2D eigenvalue weighted by atomic mass is 16.6. The zero-order valence-corrected chi connectivity index (χ0v) is 23.7. The van der Waals surface area contributed by atoms with Crippen LogP contribution in [0.3, 0.4) is 0 Å². The predicted octanol–water partition coefficient (Wildman–Crippen LogP) is 5.58. The number of rotatable bonds is 11. The van der Waals surface area contributed by atoms with Crippen LogP contribution in [-0.4, -0.2) is 46.5 Å². The Kier molecular flexibility index (Phi) is 10.4. The SMILES string of the molecule is CCCC(C)NC(=O)C(c1cc(C)cc(C)c1)N(C(=O)C(CC(C)C)NC(=O)OC(C)(C)C)C1CC1. The molecule has 1 aliphatic rings. The van der Waals surface area contributed by atoms with Gasteiger partial charge in [-0.2, -0.15) is 0 Å². The topological polar surface area (TPSA) is 87.7 Å². The molecule has 36 heavy (non-hydrogen) atoms. The van der Waals surface area contributed by atoms with Gasteiger partial charge in [0.15, 0.2) is 0 Å². The maximum absolute atomic E-state index is 14.1. The van der Waals surface area contributed by atoms with Crippen LogP contribution in [0.25, 0.3) is 0 Å². The van der Waals surface area contributed by atoms with Gasteiger partial charge in [-0.3, -0.25) is 9.59 Å². The molecule has 3 unspecified atom stereocenters. The summed E-state index contributed by atoms with van der Waals surface area (Å²) >= 11 is 0. The maximum atomic E-state index is 14.1. The molecular weight excluding hydrogens is 454 g/mol. The first kappa shape index (κ1) is 29.7. The smallest absolute Gasteiger partial charge is 0.408 e. The molecule has 2 rings (SSSR count). The predicted molar refractivity (Wildman–Crippen MR) is 144 cm³/mol. The molecule has 1 aliphatic carbocycles. The number of amides is 3. The zero-order valence-electron chi connectivity index (χ0n) is 23.7. The number of nitrogens with zero attached hydrogens (tertiary/aromatic N) is 1. The van der Waals surface area contributed by atoms with Crippen molar-refractivity contribution < 1.29 is 19.1 Å². The van der Waals surface area contributed by atoms with Gasteiger partial charge in [0.25, 0.3) is 0 Å². The summed E-state index contributed by atoms with van der Waals surface area (Å²) in [5.74, 6) is -0.255. The van der Waals surface area contributed by atoms with Crippen molar-refractivity contribution in [1.29, 1.82) is 0 Å². The average Bonchev–Trinajstić information content (AvgIpc) is 3.53. The number of ether oxygens (including phenoxy) is 1. The molecule has 0 radical (unpaired) electrons. The molecule has 0 aliphatic heterocycles. The van der Waals surface area contributed by atoms with Gasteiger partial charge in [-0.1, -0.05) is 56.5 Å². The normalized spacial score (nSPS) is 16.2. The van der Waals surface area contributed by atoms with Crippen LogP contribution in [0.1, 0.15) is 103 Å². The first-order valence-electron chi connectivity index (χ1n) is 13.4. The van der Waals surface area contributed by atoms with E-state index in [-0.39, 0.29) is 29.8 Å². The van der Waals surface area contributed by atoms with E-state index in [1.54, 1.807) is 25.7 Å². The van der Waals surface area contributed by atoms with Crippen LogP contribution < -0.4 is 10.6 Å². The first-order chi connectivity index (χ1) is 16.7. The van der Waals surface area contributed by atoms with Crippen LogP contribution >= 0.6 is 0 Å². The largest absolute Gasteiger partial charge is 0.444 e. The molecule has 2 N–H and O–H groups in total. The number of nitrogens with one attached hydrogen (secondary N) is 2. The van der Waals surface area contributed by atoms with E-state index >= 15 is 0 Å². The van der Waals surface area contributed by atoms with Crippen molar-refractivity contribution in [1.82, 2.24) is 15.5 Å². The second-order valence-electron chi connectivity index (χ2n) is 11.8. The molecule has 1 fully saturated rings. The van der Waals surface area contributed by atoms with Gasteiger partial charge in [0.05, 0.1) is 0 Å². The molecule has 3 atom stereocenters. The van der Waals surface area contributed by atoms with E-state index in [1.165, 1.54) is 0 Å². The number of hydrogen-bond donors (Lipinski definition) is 2. The number of carbonyl (C=O) groups is 3. The molecule has 0 spiro atoms. The van der Waals surface area contributed by atoms with E-state index < -0.39 is 23.8 Å². The van der Waals surface area contributed by atoms with Gasteiger partial charge in [0.2, 0.25) is 11.8 Å². The Balaban J connectivity index is 2.48. The summed E-state index contributed by atoms with van der Waals surface area (Å²) in [6.07, 6.45) is 3.32. The van der Waals surface area contributed by atoms with Gasteiger partial charge < -0.3 is 20.3 Å². The van der Waals surface area contributed by atoms with Crippen LogP contribution in [0, 0.1) is 19.8 Å². The van der Waals surface area contributed by atoms with Crippen LogP contribution in [0.15, 0.2) is 18.2 Å². The third-order valence-electron chi connectivity index (χ3n) is 6.09. The Bertz CT molecular complexity index is 897. The fraction of sp³-hybridized carbons (Fsp3) is 0.690. The second kappa shape index (κ2) is 12.6. The van der Waals surface area contributed by atoms with E-state index in [2.05, 4.69) is 23.6 Å². The van der Waals surface area contributed by atoms with E-state index in [9.17, 15) is 14.4 Å². The lowest BCUT2D eigenvalue weighted by Crippen LogP contribution is -2.54. The van der Waals surface area contributed by atoms with E-state index in [1.807, 2.05) is 46.8 Å². The van der Waals surface area contributed by atoms with Crippen molar-refractivity contribution in [3.05, 3.63) is 34.9 Å². The van der Waals surface area contributed by atoms with Crippen molar-refractivity contribution in [2.24, 2.45) is 5.92 Å². The van der Waals surface area contributed by atoms with Gasteiger partial charge in [-0.25, -0.2) is 4.79 Å². The number of alkyl carbamates (subject to hydrolysis) is 1. The van der Waals surface area contributed by atoms with Crippen molar-refractivity contribution in [3.63, 3.8) is 0 Å². The van der Waals surface area contributed by atoms with Gasteiger partial charge in [-0.05, 0) is 78.7 Å². The van der Waals surface area contributed by atoms with Crippen molar-refractivity contribution in [2.75, 3.05) is 0 Å². The molecule has 0 saturated heterocycles. The van der Waals surface area contributed by atoms with E-state index in [4.69, 9.17) is 4.74 Å². The summed E-state index contributed by atoms with van der Waals surface area (Å²) in [6, 6.07) is 4.45. The lowest BCUT2D eigenvalue weighted by Gasteiger charge is -2.36. The fourth-order valence-electron chi connectivity index (χ4n) is 4.63. The number of carbonyl (C=O) groups excluding carboxylic acids is 3. The highest BCUT2D eigenvalue weighted by Gasteiger charge is 2.44. The summed E-state index contributed by atoms with van der Waals surface area (Å²) < 4.78 is 5.46. The summed E-state index contributed by atoms with van der Waals surface area (Å²) in [5, 5.41) is 5.96. The molecule has 3 amide bonds. The Morgan fingerprint density at radius 2 is 1.61 bits per heavy atom. The number of hydrogen-bond acceptors (Lipinski definition) is 4. The summed E-state index contributed by atoms with van der Waals surface area (Å²) in [6.45, 7) is 17.5. The van der Waals surface area contributed by atoms with Crippen LogP contribution in [0.2, 0.25) is 0 Å². The summed E-state index contributed by atoms with van der Waals surface area (Å²) in [5.41, 5.74) is 2.20. The Labute approximate surface area is 217 Å². The van der Waals surface area contributed by atoms with Gasteiger partial charge in [0.1, 0.15) is 17.7 Å². The molecular formula is C29H47N3O4. The van der Waals surface area contributed by atoms with E-state index in [0.717, 1.165) is 42.4 Å². The fourth-order valence-corrected chi connectivity index (χ4v) is 4.63. The Morgan fingerprint density at radius 1 is 1.03 bits per heavy atom. The molecule has 0 heterocycles. The monoisotopic (exact) mass is 501 g/mol. The quantitative estimate of drug-likeness (QED) is 0.414. The van der Waals surface area contributed by atoms with Crippen LogP contribution in [0.4, 0.5) is 4.79 Å². The minimum absolute atomic E-state index is 0.00147. The lowest BCUT2D eigenvalue weighted by atomic mass is 9.96. The molecule has 202 valence electrons. The highest BCUT2D eigenvalue weighted by Crippen LogP contribution is 2.36. The molecule has 0 aromatic heterocycles. The molecule has 7 heteroatoms. The van der Waals surface area contributed by atoms with Crippen LogP contribution in [0.5, 0.6) is 0 Å². The third kappa shape index (κ3) is 9.14. The second-order valence-corrected chi connectivity index (χ2v) is 11.8. The zero-order chi connectivity index (χ0) is 27.2. The minimum Gasteiger partial charge on any atom is -0.444 e. The summed E-state index contributed by atoms with van der Waals surface area (Å²) in [7, 11) is 0. The van der Waals surface area contributed by atoms with Crippen molar-refractivity contribution >= 4 is 17.9 Å². The Morgan fingerprint density at radius 3 is 2.08 bits per heavy atom. The first-order valence-corrected chi connectivity index (χ1v) is 13.4. The third-order valence-corrected chi connectivity index (χ3v) is 6.09. The van der Waals surface area contributed by atoms with Gasteiger partial charge in [0, 0.05) is 12.1 Å². The van der Waals surface area contributed by atoms with Gasteiger partial charge in [-0.15, -0.1) is 0 Å². The van der Waals surface area contributed by atoms with Crippen LogP contribution in [-0.2, 0) is 14.3 Å². The standard InChI is InChI=1S/C29H47N3O4/c1-10-11-21(6)30-26(33)25(22-16-19(4)15-20(5)17-22)32(23-12-13-23)27(34)24(14-18(2)3)31-28(35)36-29(7,8)9/h15-18,21,23-25H,10-14H2,1-9H3,(H,30,33)(H,31,35). The minimum atomic E-state index is -0.783. The molecule has 1 aromatic rings. The van der Waals surface area contributed by atoms with Crippen molar-refractivity contribution in [2.45, 2.75) is 124 Å².